The van der Waals surface area contributed by atoms with Gasteiger partial charge in [-0.3, -0.25) is 28.5 Å². The van der Waals surface area contributed by atoms with Crippen LogP contribution in [-0.2, 0) is 25.7 Å². The van der Waals surface area contributed by atoms with E-state index in [4.69, 9.17) is 4.74 Å². The van der Waals surface area contributed by atoms with Crippen molar-refractivity contribution < 1.29 is 23.9 Å². The van der Waals surface area contributed by atoms with E-state index in [2.05, 4.69) is 4.98 Å². The number of carbonyl (C=O) groups is 4. The Hall–Kier alpha value is -4.33. The molecule has 1 fully saturated rings. The number of ether oxygens (including phenoxy) is 1. The Morgan fingerprint density at radius 1 is 1.13 bits per heavy atom. The first-order valence-electron chi connectivity index (χ1n) is 9.04. The number of aromatic nitrogens is 2. The topological polar surface area (TPSA) is 143 Å². The number of carbonyl (C=O) groups excluding carboxylic acids is 4. The molecule has 1 aromatic carbocycles. The summed E-state index contributed by atoms with van der Waals surface area (Å²) in [4.78, 5) is 65.5. The van der Waals surface area contributed by atoms with E-state index in [0.717, 1.165) is 11.5 Å². The molecule has 2 heterocycles. The zero-order valence-electron chi connectivity index (χ0n) is 16.9. The Balaban J connectivity index is 2.01. The van der Waals surface area contributed by atoms with E-state index >= 15 is 0 Å². The van der Waals surface area contributed by atoms with Crippen LogP contribution >= 0.6 is 0 Å². The molecule has 11 nitrogen and oxygen atoms in total. The van der Waals surface area contributed by atoms with Crippen molar-refractivity contribution in [3.05, 3.63) is 46.0 Å². The largest absolute Gasteiger partial charge is 0.497 e. The molecule has 0 aliphatic carbocycles. The molecule has 0 saturated carbocycles. The Morgan fingerprint density at radius 2 is 1.74 bits per heavy atom. The fourth-order valence-corrected chi connectivity index (χ4v) is 3.18. The number of imide groups is 2. The van der Waals surface area contributed by atoms with Crippen LogP contribution in [0.3, 0.4) is 0 Å². The van der Waals surface area contributed by atoms with Crippen LogP contribution < -0.4 is 10.3 Å². The predicted molar refractivity (Wildman–Crippen MR) is 104 cm³/mol. The summed E-state index contributed by atoms with van der Waals surface area (Å²) >= 11 is 0. The van der Waals surface area contributed by atoms with Gasteiger partial charge in [0.05, 0.1) is 12.8 Å². The first kappa shape index (κ1) is 21.4. The third kappa shape index (κ3) is 3.78. The van der Waals surface area contributed by atoms with E-state index in [-0.39, 0.29) is 17.1 Å². The van der Waals surface area contributed by atoms with Gasteiger partial charge in [0.2, 0.25) is 5.91 Å². The second-order valence-corrected chi connectivity index (χ2v) is 6.61. The number of nitriles is 1. The fraction of sp³-hybridized carbons (Fsp3) is 0.250. The van der Waals surface area contributed by atoms with E-state index in [1.54, 1.807) is 30.3 Å². The molecule has 0 bridgehead atoms. The van der Waals surface area contributed by atoms with Gasteiger partial charge in [-0.25, -0.2) is 4.98 Å². The Labute approximate surface area is 176 Å². The second-order valence-electron chi connectivity index (χ2n) is 6.61. The van der Waals surface area contributed by atoms with Gasteiger partial charge in [-0.2, -0.15) is 15.3 Å². The van der Waals surface area contributed by atoms with Gasteiger partial charge in [0.25, 0.3) is 23.3 Å². The number of nitrogens with zero attached hydrogens (tertiary/aromatic N) is 5. The summed E-state index contributed by atoms with van der Waals surface area (Å²) in [6.07, 6.45) is -0.628. The van der Waals surface area contributed by atoms with E-state index < -0.39 is 42.2 Å². The summed E-state index contributed by atoms with van der Waals surface area (Å²) in [7, 11) is 1.50. The van der Waals surface area contributed by atoms with E-state index in [1.807, 2.05) is 0 Å². The average Bonchev–Trinajstić information content (AvgIpc) is 3.04. The molecule has 2 aromatic rings. The van der Waals surface area contributed by atoms with Gasteiger partial charge in [0.1, 0.15) is 36.2 Å². The maximum Gasteiger partial charge on any atom is 0.272 e. The first-order chi connectivity index (χ1) is 14.7. The molecule has 0 unspecified atom stereocenters. The number of aryl methyl sites for hydroxylation is 1. The Kier molecular flexibility index (Phi) is 5.65. The minimum atomic E-state index is -0.973. The highest BCUT2D eigenvalue weighted by Gasteiger charge is 2.42. The molecule has 1 aromatic heterocycles. The minimum absolute atomic E-state index is 0.107. The van der Waals surface area contributed by atoms with Crippen LogP contribution in [0.1, 0.15) is 24.7 Å². The molecule has 158 valence electrons. The van der Waals surface area contributed by atoms with Crippen LogP contribution in [0.5, 0.6) is 5.75 Å². The Bertz CT molecular complexity index is 1210. The lowest BCUT2D eigenvalue weighted by Crippen LogP contribution is -2.49. The summed E-state index contributed by atoms with van der Waals surface area (Å²) < 4.78 is 6.01. The average molecular weight is 423 g/mol. The maximum absolute atomic E-state index is 12.9. The summed E-state index contributed by atoms with van der Waals surface area (Å²) in [6, 6.07) is 8.37. The van der Waals surface area contributed by atoms with E-state index in [0.29, 0.717) is 21.3 Å². The molecule has 0 radical (unpaired) electrons. The number of hydrazine groups is 1. The van der Waals surface area contributed by atoms with Gasteiger partial charge in [0.15, 0.2) is 0 Å². The van der Waals surface area contributed by atoms with Crippen molar-refractivity contribution in [1.82, 2.24) is 19.6 Å². The SMILES string of the molecule is COc1ccc(-c2nc(C)n(CC(=O)N3C(=O)CC(=O)N3C(C)=O)c(=O)c2C#N)cc1. The van der Waals surface area contributed by atoms with Crippen molar-refractivity contribution >= 4 is 23.6 Å². The number of hydrogen-bond donors (Lipinski definition) is 0. The lowest BCUT2D eigenvalue weighted by atomic mass is 10.1. The maximum atomic E-state index is 12.9. The van der Waals surface area contributed by atoms with Crippen LogP contribution in [0.15, 0.2) is 29.1 Å². The smallest absolute Gasteiger partial charge is 0.272 e. The van der Waals surface area contributed by atoms with Crippen LogP contribution in [0.25, 0.3) is 11.3 Å². The molecular formula is C20H17N5O6. The fourth-order valence-electron chi connectivity index (χ4n) is 3.18. The normalized spacial score (nSPS) is 13.4. The van der Waals surface area contributed by atoms with Gasteiger partial charge < -0.3 is 4.74 Å². The second kappa shape index (κ2) is 8.19. The predicted octanol–water partition coefficient (Wildman–Crippen LogP) is 0.148. The highest BCUT2D eigenvalue weighted by molar-refractivity contribution is 6.15. The molecule has 3 rings (SSSR count). The molecule has 0 spiro atoms. The molecule has 1 saturated heterocycles. The summed E-state index contributed by atoms with van der Waals surface area (Å²) in [5.41, 5.74) is -0.453. The van der Waals surface area contributed by atoms with Crippen molar-refractivity contribution in [2.24, 2.45) is 0 Å². The minimum Gasteiger partial charge on any atom is -0.497 e. The van der Waals surface area contributed by atoms with Crippen molar-refractivity contribution in [1.29, 1.82) is 5.26 Å². The highest BCUT2D eigenvalue weighted by Crippen LogP contribution is 2.23. The zero-order valence-corrected chi connectivity index (χ0v) is 16.9. The number of benzene rings is 1. The number of amides is 4. The molecule has 1 aliphatic rings. The summed E-state index contributed by atoms with van der Waals surface area (Å²) in [6.45, 7) is 1.81. The van der Waals surface area contributed by atoms with Crippen molar-refractivity contribution in [3.8, 4) is 23.1 Å². The van der Waals surface area contributed by atoms with Crippen LogP contribution in [-0.4, -0.2) is 50.3 Å². The quantitative estimate of drug-likeness (QED) is 0.632. The van der Waals surface area contributed by atoms with Crippen molar-refractivity contribution in [2.75, 3.05) is 7.11 Å². The van der Waals surface area contributed by atoms with Crippen LogP contribution in [0.2, 0.25) is 0 Å². The van der Waals surface area contributed by atoms with Gasteiger partial charge >= 0.3 is 0 Å². The summed E-state index contributed by atoms with van der Waals surface area (Å²) in [5, 5.41) is 10.4. The lowest BCUT2D eigenvalue weighted by molar-refractivity contribution is -0.169. The molecule has 11 heteroatoms. The van der Waals surface area contributed by atoms with Gasteiger partial charge in [-0.15, -0.1) is 0 Å². The molecule has 1 aliphatic heterocycles. The van der Waals surface area contributed by atoms with E-state index in [1.165, 1.54) is 14.0 Å². The van der Waals surface area contributed by atoms with Crippen molar-refractivity contribution in [2.45, 2.75) is 26.8 Å². The van der Waals surface area contributed by atoms with Crippen LogP contribution in [0, 0.1) is 18.3 Å². The molecule has 0 N–H and O–H groups in total. The van der Waals surface area contributed by atoms with Gasteiger partial charge in [0, 0.05) is 12.5 Å². The summed E-state index contributed by atoms with van der Waals surface area (Å²) in [5.74, 6) is -2.80. The standard InChI is InChI=1S/C20H17N5O6/c1-11-22-19(13-4-6-14(31-3)7-5-13)15(9-21)20(30)23(11)10-18(29)25-17(28)8-16(27)24(25)12(2)26/h4-7H,8,10H2,1-3H3. The van der Waals surface area contributed by atoms with Gasteiger partial charge in [-0.1, -0.05) is 0 Å². The number of rotatable bonds is 4. The zero-order chi connectivity index (χ0) is 22.9. The van der Waals surface area contributed by atoms with Crippen LogP contribution in [0.4, 0.5) is 0 Å². The number of methoxy groups -OCH3 is 1. The molecule has 4 amide bonds. The van der Waals surface area contributed by atoms with Crippen molar-refractivity contribution in [3.63, 3.8) is 0 Å². The molecule has 0 atom stereocenters. The monoisotopic (exact) mass is 423 g/mol. The third-order valence-electron chi connectivity index (χ3n) is 4.64. The third-order valence-corrected chi connectivity index (χ3v) is 4.64. The molecule has 31 heavy (non-hydrogen) atoms. The highest BCUT2D eigenvalue weighted by atomic mass is 16.5. The first-order valence-corrected chi connectivity index (χ1v) is 9.04. The Morgan fingerprint density at radius 3 is 2.29 bits per heavy atom. The number of hydrogen-bond acceptors (Lipinski definition) is 8. The lowest BCUT2D eigenvalue weighted by Gasteiger charge is -2.23. The van der Waals surface area contributed by atoms with E-state index in [9.17, 15) is 29.2 Å². The van der Waals surface area contributed by atoms with Gasteiger partial charge in [-0.05, 0) is 31.2 Å². The molecular weight excluding hydrogens is 406 g/mol.